The Hall–Kier alpha value is -0.460. The number of sulfone groups is 1. The molecule has 1 fully saturated rings. The molecule has 0 aromatic heterocycles. The maximum absolute atomic E-state index is 12.0. The molecule has 1 aromatic carbocycles. The molecule has 1 aromatic rings. The summed E-state index contributed by atoms with van der Waals surface area (Å²) in [6.45, 7) is 1.66. The van der Waals surface area contributed by atoms with Gasteiger partial charge in [0.2, 0.25) is 0 Å². The maximum atomic E-state index is 12.0. The summed E-state index contributed by atoms with van der Waals surface area (Å²) in [6, 6.07) is 7.65. The number of benzene rings is 1. The minimum Gasteiger partial charge on any atom is -0.393 e. The molecule has 0 amide bonds. The van der Waals surface area contributed by atoms with Gasteiger partial charge in [-0.2, -0.15) is 0 Å². The number of rotatable bonds is 4. The van der Waals surface area contributed by atoms with E-state index < -0.39 is 15.1 Å². The van der Waals surface area contributed by atoms with Crippen molar-refractivity contribution < 1.29 is 8.42 Å². The fraction of sp³-hybridized carbons (Fsp3) is 0.417. The third kappa shape index (κ3) is 2.46. The van der Waals surface area contributed by atoms with Crippen molar-refractivity contribution >= 4 is 43.0 Å². The minimum absolute atomic E-state index is 0.0828. The van der Waals surface area contributed by atoms with Crippen molar-refractivity contribution in [3.63, 3.8) is 0 Å². The van der Waals surface area contributed by atoms with Gasteiger partial charge < -0.3 is 5.73 Å². The molecular formula is C12H14BrNO2S2. The van der Waals surface area contributed by atoms with E-state index in [1.807, 2.05) is 24.3 Å². The van der Waals surface area contributed by atoms with Gasteiger partial charge in [0.05, 0.1) is 10.2 Å². The molecule has 0 bridgehead atoms. The molecule has 3 atom stereocenters. The Morgan fingerprint density at radius 1 is 1.39 bits per heavy atom. The van der Waals surface area contributed by atoms with Gasteiger partial charge >= 0.3 is 0 Å². The first-order valence-corrected chi connectivity index (χ1v) is 8.56. The van der Waals surface area contributed by atoms with Gasteiger partial charge in [-0.25, -0.2) is 8.42 Å². The summed E-state index contributed by atoms with van der Waals surface area (Å²) in [7, 11) is -3.11. The fourth-order valence-corrected chi connectivity index (χ4v) is 4.82. The van der Waals surface area contributed by atoms with Crippen molar-refractivity contribution in [2.75, 3.05) is 5.75 Å². The Balaban J connectivity index is 2.33. The Kier molecular flexibility index (Phi) is 3.80. The zero-order valence-electron chi connectivity index (χ0n) is 9.84. The van der Waals surface area contributed by atoms with Crippen LogP contribution in [0, 0.1) is 5.92 Å². The summed E-state index contributed by atoms with van der Waals surface area (Å²) in [5, 5.41) is -0.443. The van der Waals surface area contributed by atoms with Gasteiger partial charge in [0.25, 0.3) is 0 Å². The average Bonchev–Trinajstić information content (AvgIpc) is 3.06. The van der Waals surface area contributed by atoms with Crippen molar-refractivity contribution in [3.05, 3.63) is 34.3 Å². The van der Waals surface area contributed by atoms with Gasteiger partial charge in [0.15, 0.2) is 9.84 Å². The Morgan fingerprint density at radius 3 is 2.39 bits per heavy atom. The standard InChI is InChI=1S/C12H14BrNO2S2/c1-2-18(15,16)11-9(10(11)12(14)17)7-3-5-8(13)6-4-7/h3-6,9-11H,2H2,1H3,(H2,14,17)/t9-,10-,11+/m0/s1. The van der Waals surface area contributed by atoms with Crippen molar-refractivity contribution in [2.24, 2.45) is 11.7 Å². The zero-order valence-corrected chi connectivity index (χ0v) is 13.1. The van der Waals surface area contributed by atoms with E-state index >= 15 is 0 Å². The van der Waals surface area contributed by atoms with Crippen LogP contribution in [0.15, 0.2) is 28.7 Å². The first kappa shape index (κ1) is 14.0. The number of hydrogen-bond acceptors (Lipinski definition) is 3. The largest absolute Gasteiger partial charge is 0.393 e. The molecule has 0 radical (unpaired) electrons. The smallest absolute Gasteiger partial charge is 0.154 e. The van der Waals surface area contributed by atoms with Crippen LogP contribution in [0.4, 0.5) is 0 Å². The van der Waals surface area contributed by atoms with Crippen LogP contribution in [-0.4, -0.2) is 24.4 Å². The summed E-state index contributed by atoms with van der Waals surface area (Å²) in [6.07, 6.45) is 0. The van der Waals surface area contributed by atoms with Gasteiger partial charge in [-0.3, -0.25) is 0 Å². The van der Waals surface area contributed by atoms with Crippen LogP contribution >= 0.6 is 28.1 Å². The lowest BCUT2D eigenvalue weighted by Crippen LogP contribution is -2.18. The van der Waals surface area contributed by atoms with Crippen LogP contribution in [0.25, 0.3) is 0 Å². The molecule has 1 aliphatic carbocycles. The molecular weight excluding hydrogens is 334 g/mol. The summed E-state index contributed by atoms with van der Waals surface area (Å²) < 4.78 is 25.0. The van der Waals surface area contributed by atoms with Crippen molar-refractivity contribution in [1.29, 1.82) is 0 Å². The SMILES string of the molecule is CCS(=O)(=O)[C@H]1[C@@H](C(N)=S)[C@@H]1c1ccc(Br)cc1. The van der Waals surface area contributed by atoms with Crippen LogP contribution in [0.2, 0.25) is 0 Å². The second kappa shape index (κ2) is 4.90. The molecule has 1 saturated carbocycles. The molecule has 0 saturated heterocycles. The lowest BCUT2D eigenvalue weighted by Gasteiger charge is -2.00. The Bertz CT molecular complexity index is 568. The van der Waals surface area contributed by atoms with Gasteiger partial charge in [-0.05, 0) is 17.7 Å². The normalized spacial score (nSPS) is 26.9. The highest BCUT2D eigenvalue weighted by Gasteiger charge is 2.59. The summed E-state index contributed by atoms with van der Waals surface area (Å²) in [5.74, 6) is -0.171. The van der Waals surface area contributed by atoms with Crippen LogP contribution in [0.1, 0.15) is 18.4 Å². The van der Waals surface area contributed by atoms with Gasteiger partial charge in [-0.1, -0.05) is 47.2 Å². The van der Waals surface area contributed by atoms with E-state index in [9.17, 15) is 8.42 Å². The predicted molar refractivity (Wildman–Crippen MR) is 80.4 cm³/mol. The fourth-order valence-electron chi connectivity index (χ4n) is 2.34. The van der Waals surface area contributed by atoms with E-state index in [0.29, 0.717) is 4.99 Å². The van der Waals surface area contributed by atoms with E-state index in [-0.39, 0.29) is 17.6 Å². The third-order valence-corrected chi connectivity index (χ3v) is 6.38. The molecule has 2 rings (SSSR count). The van der Waals surface area contributed by atoms with Crippen LogP contribution in [0.5, 0.6) is 0 Å². The molecule has 0 spiro atoms. The van der Waals surface area contributed by atoms with E-state index in [2.05, 4.69) is 15.9 Å². The maximum Gasteiger partial charge on any atom is 0.154 e. The first-order chi connectivity index (χ1) is 8.38. The second-order valence-corrected chi connectivity index (χ2v) is 8.26. The van der Waals surface area contributed by atoms with Crippen LogP contribution < -0.4 is 5.73 Å². The zero-order chi connectivity index (χ0) is 13.5. The highest BCUT2D eigenvalue weighted by Crippen LogP contribution is 2.52. The first-order valence-electron chi connectivity index (χ1n) is 5.65. The molecule has 0 unspecified atom stereocenters. The van der Waals surface area contributed by atoms with Crippen molar-refractivity contribution in [2.45, 2.75) is 18.1 Å². The van der Waals surface area contributed by atoms with Gasteiger partial charge in [0, 0.05) is 22.1 Å². The molecule has 0 heterocycles. The topological polar surface area (TPSA) is 60.2 Å². The predicted octanol–water partition coefficient (Wildman–Crippen LogP) is 2.25. The molecule has 1 aliphatic rings. The second-order valence-electron chi connectivity index (χ2n) is 4.42. The van der Waals surface area contributed by atoms with Crippen LogP contribution in [-0.2, 0) is 9.84 Å². The van der Waals surface area contributed by atoms with Crippen molar-refractivity contribution in [3.8, 4) is 0 Å². The van der Waals surface area contributed by atoms with Gasteiger partial charge in [0.1, 0.15) is 0 Å². The lowest BCUT2D eigenvalue weighted by atomic mass is 10.1. The number of halogens is 1. The number of thiocarbonyl (C=S) groups is 1. The molecule has 18 heavy (non-hydrogen) atoms. The highest BCUT2D eigenvalue weighted by molar-refractivity contribution is 9.10. The van der Waals surface area contributed by atoms with Crippen molar-refractivity contribution in [1.82, 2.24) is 0 Å². The molecule has 0 aliphatic heterocycles. The molecule has 98 valence electrons. The number of hydrogen-bond donors (Lipinski definition) is 1. The molecule has 6 heteroatoms. The quantitative estimate of drug-likeness (QED) is 0.848. The summed E-state index contributed by atoms with van der Waals surface area (Å²) in [5.41, 5.74) is 6.64. The van der Waals surface area contributed by atoms with E-state index in [4.69, 9.17) is 18.0 Å². The third-order valence-electron chi connectivity index (χ3n) is 3.35. The summed E-state index contributed by atoms with van der Waals surface area (Å²) >= 11 is 8.34. The van der Waals surface area contributed by atoms with E-state index in [1.54, 1.807) is 6.92 Å². The van der Waals surface area contributed by atoms with E-state index in [0.717, 1.165) is 10.0 Å². The average molecular weight is 348 g/mol. The highest BCUT2D eigenvalue weighted by atomic mass is 79.9. The molecule has 3 nitrogen and oxygen atoms in total. The minimum atomic E-state index is -3.11. The monoisotopic (exact) mass is 347 g/mol. The van der Waals surface area contributed by atoms with Crippen LogP contribution in [0.3, 0.4) is 0 Å². The lowest BCUT2D eigenvalue weighted by molar-refractivity contribution is 0.594. The Labute approximate surface area is 121 Å². The number of nitrogens with two attached hydrogens (primary N) is 1. The Morgan fingerprint density at radius 2 is 1.94 bits per heavy atom. The summed E-state index contributed by atoms with van der Waals surface area (Å²) in [4.78, 5) is 0.296. The van der Waals surface area contributed by atoms with Gasteiger partial charge in [-0.15, -0.1) is 0 Å². The van der Waals surface area contributed by atoms with E-state index in [1.165, 1.54) is 0 Å². The molecule has 2 N–H and O–H groups in total.